The number of nitrogens with zero attached hydrogens (tertiary/aromatic N) is 4. The maximum absolute atomic E-state index is 13.2. The Balaban J connectivity index is 1.34. The Morgan fingerprint density at radius 1 is 1.12 bits per heavy atom. The van der Waals surface area contributed by atoms with Crippen LogP contribution in [0.5, 0.6) is 5.75 Å². The number of aryl methyl sites for hydroxylation is 2. The first kappa shape index (κ1) is 21.9. The zero-order valence-corrected chi connectivity index (χ0v) is 19.5. The molecule has 7 nitrogen and oxygen atoms in total. The van der Waals surface area contributed by atoms with Crippen LogP contribution in [0, 0.1) is 12.8 Å². The molecule has 0 bridgehead atoms. The van der Waals surface area contributed by atoms with Gasteiger partial charge < -0.3 is 9.64 Å². The Kier molecular flexibility index (Phi) is 6.04. The molecule has 3 heterocycles. The van der Waals surface area contributed by atoms with Gasteiger partial charge in [-0.05, 0) is 69.1 Å². The molecule has 2 fully saturated rings. The summed E-state index contributed by atoms with van der Waals surface area (Å²) in [6, 6.07) is 7.76. The smallest absolute Gasteiger partial charge is 0.232 e. The predicted octanol–water partition coefficient (Wildman–Crippen LogP) is 3.78. The quantitative estimate of drug-likeness (QED) is 0.644. The monoisotopic (exact) mass is 448 g/mol. The number of ether oxygens (including phenoxy) is 1. The van der Waals surface area contributed by atoms with Gasteiger partial charge in [0.05, 0.1) is 19.6 Å². The summed E-state index contributed by atoms with van der Waals surface area (Å²) in [5.74, 6) is 3.17. The van der Waals surface area contributed by atoms with E-state index in [0.717, 1.165) is 60.7 Å². The number of hydrogen-bond acceptors (Lipinski definition) is 5. The van der Waals surface area contributed by atoms with E-state index < -0.39 is 0 Å². The van der Waals surface area contributed by atoms with Crippen LogP contribution in [0.2, 0.25) is 0 Å². The van der Waals surface area contributed by atoms with Gasteiger partial charge in [0.25, 0.3) is 0 Å². The summed E-state index contributed by atoms with van der Waals surface area (Å²) in [6.07, 6.45) is 6.84. The van der Waals surface area contributed by atoms with Gasteiger partial charge in [-0.15, -0.1) is 0 Å². The number of amides is 2. The maximum atomic E-state index is 13.2. The van der Waals surface area contributed by atoms with Crippen molar-refractivity contribution < 1.29 is 14.3 Å². The summed E-state index contributed by atoms with van der Waals surface area (Å²) in [6.45, 7) is 3.46. The third-order valence-electron chi connectivity index (χ3n) is 7.14. The van der Waals surface area contributed by atoms with Crippen LogP contribution in [0.3, 0.4) is 0 Å². The first-order valence-electron chi connectivity index (χ1n) is 12.1. The van der Waals surface area contributed by atoms with Crippen LogP contribution in [0.15, 0.2) is 24.3 Å². The van der Waals surface area contributed by atoms with E-state index >= 15 is 0 Å². The molecule has 1 atom stereocenters. The molecule has 2 amide bonds. The summed E-state index contributed by atoms with van der Waals surface area (Å²) >= 11 is 0. The Bertz CT molecular complexity index is 1050. The SMILES string of the molecule is COc1ccc(CCC(=O)N2CCCC[C@@H]2c2nc(C)c3c(n2)N(CC2CC2)C(=O)C3)cc1. The number of hydrogen-bond donors (Lipinski definition) is 0. The number of aromatic nitrogens is 2. The van der Waals surface area contributed by atoms with Crippen LogP contribution >= 0.6 is 0 Å². The van der Waals surface area contributed by atoms with E-state index in [-0.39, 0.29) is 17.9 Å². The van der Waals surface area contributed by atoms with Gasteiger partial charge in [-0.1, -0.05) is 12.1 Å². The van der Waals surface area contributed by atoms with Crippen molar-refractivity contribution in [2.24, 2.45) is 5.92 Å². The number of carbonyl (C=O) groups is 2. The highest BCUT2D eigenvalue weighted by Crippen LogP contribution is 2.38. The average molecular weight is 449 g/mol. The number of rotatable bonds is 7. The molecule has 174 valence electrons. The van der Waals surface area contributed by atoms with Crippen molar-refractivity contribution in [3.63, 3.8) is 0 Å². The minimum atomic E-state index is -0.121. The fourth-order valence-corrected chi connectivity index (χ4v) is 4.98. The number of fused-ring (bicyclic) bond motifs is 1. The molecule has 2 aliphatic heterocycles. The van der Waals surface area contributed by atoms with Gasteiger partial charge in [0.2, 0.25) is 11.8 Å². The minimum absolute atomic E-state index is 0.121. The van der Waals surface area contributed by atoms with Crippen molar-refractivity contribution in [2.75, 3.05) is 25.1 Å². The lowest BCUT2D eigenvalue weighted by Crippen LogP contribution is -2.39. The van der Waals surface area contributed by atoms with Gasteiger partial charge >= 0.3 is 0 Å². The molecule has 1 aliphatic carbocycles. The molecule has 1 saturated carbocycles. The van der Waals surface area contributed by atoms with E-state index in [1.54, 1.807) is 7.11 Å². The van der Waals surface area contributed by atoms with Gasteiger partial charge in [-0.25, -0.2) is 9.97 Å². The molecule has 2 aromatic rings. The summed E-state index contributed by atoms with van der Waals surface area (Å²) in [5, 5.41) is 0. The molecule has 0 radical (unpaired) electrons. The highest BCUT2D eigenvalue weighted by atomic mass is 16.5. The van der Waals surface area contributed by atoms with E-state index in [2.05, 4.69) is 0 Å². The van der Waals surface area contributed by atoms with Crippen LogP contribution in [-0.4, -0.2) is 46.9 Å². The second-order valence-corrected chi connectivity index (χ2v) is 9.54. The first-order chi connectivity index (χ1) is 16.0. The lowest BCUT2D eigenvalue weighted by atomic mass is 9.99. The standard InChI is InChI=1S/C26H32N4O3/c1-17-21-15-24(32)30(16-19-6-7-19)26(21)28-25(27-17)22-5-3-4-14-29(22)23(31)13-10-18-8-11-20(33-2)12-9-18/h8-9,11-12,19,22H,3-7,10,13-16H2,1-2H3/t22-/m1/s1. The highest BCUT2D eigenvalue weighted by molar-refractivity contribution is 6.00. The Morgan fingerprint density at radius 2 is 1.91 bits per heavy atom. The second-order valence-electron chi connectivity index (χ2n) is 9.54. The average Bonchev–Trinajstić information content (AvgIpc) is 3.61. The van der Waals surface area contributed by atoms with E-state index in [0.29, 0.717) is 31.0 Å². The maximum Gasteiger partial charge on any atom is 0.232 e. The summed E-state index contributed by atoms with van der Waals surface area (Å²) in [4.78, 5) is 39.4. The Hall–Kier alpha value is -2.96. The fraction of sp³-hybridized carbons (Fsp3) is 0.538. The van der Waals surface area contributed by atoms with Gasteiger partial charge in [0.1, 0.15) is 11.6 Å². The van der Waals surface area contributed by atoms with Crippen LogP contribution in [0.1, 0.15) is 67.2 Å². The molecule has 0 N–H and O–H groups in total. The molecule has 0 spiro atoms. The molecular formula is C26H32N4O3. The number of carbonyl (C=O) groups excluding carboxylic acids is 2. The minimum Gasteiger partial charge on any atom is -0.497 e. The summed E-state index contributed by atoms with van der Waals surface area (Å²) < 4.78 is 5.22. The third-order valence-corrected chi connectivity index (χ3v) is 7.14. The predicted molar refractivity (Wildman–Crippen MR) is 125 cm³/mol. The molecule has 5 rings (SSSR count). The third kappa shape index (κ3) is 4.59. The number of piperidine rings is 1. The highest BCUT2D eigenvalue weighted by Gasteiger charge is 2.37. The van der Waals surface area contributed by atoms with Crippen LogP contribution in [-0.2, 0) is 22.4 Å². The summed E-state index contributed by atoms with van der Waals surface area (Å²) in [5.41, 5.74) is 2.95. The fourth-order valence-electron chi connectivity index (χ4n) is 4.98. The first-order valence-corrected chi connectivity index (χ1v) is 12.1. The van der Waals surface area contributed by atoms with Crippen LogP contribution in [0.25, 0.3) is 0 Å². The van der Waals surface area contributed by atoms with Crippen molar-refractivity contribution in [3.8, 4) is 5.75 Å². The molecule has 1 aromatic carbocycles. The second kappa shape index (κ2) is 9.12. The van der Waals surface area contributed by atoms with Crippen LogP contribution < -0.4 is 9.64 Å². The van der Waals surface area contributed by atoms with E-state index in [9.17, 15) is 9.59 Å². The molecular weight excluding hydrogens is 416 g/mol. The molecule has 1 saturated heterocycles. The van der Waals surface area contributed by atoms with Crippen molar-refractivity contribution in [1.82, 2.24) is 14.9 Å². The van der Waals surface area contributed by atoms with E-state index in [4.69, 9.17) is 14.7 Å². The van der Waals surface area contributed by atoms with Crippen molar-refractivity contribution in [1.29, 1.82) is 0 Å². The Labute approximate surface area is 195 Å². The number of anilines is 1. The number of likely N-dealkylation sites (tertiary alicyclic amines) is 1. The molecule has 7 heteroatoms. The van der Waals surface area contributed by atoms with Crippen molar-refractivity contribution in [2.45, 2.75) is 64.3 Å². The van der Waals surface area contributed by atoms with Gasteiger partial charge in [-0.3, -0.25) is 14.5 Å². The van der Waals surface area contributed by atoms with Crippen molar-refractivity contribution >= 4 is 17.6 Å². The van der Waals surface area contributed by atoms with E-state index in [1.165, 1.54) is 12.8 Å². The van der Waals surface area contributed by atoms with Gasteiger partial charge in [0.15, 0.2) is 5.82 Å². The normalized spacial score (nSPS) is 20.2. The lowest BCUT2D eigenvalue weighted by molar-refractivity contribution is -0.135. The largest absolute Gasteiger partial charge is 0.497 e. The molecule has 33 heavy (non-hydrogen) atoms. The number of methoxy groups -OCH3 is 1. The van der Waals surface area contributed by atoms with Crippen molar-refractivity contribution in [3.05, 3.63) is 46.9 Å². The molecule has 1 aromatic heterocycles. The molecule has 0 unspecified atom stereocenters. The summed E-state index contributed by atoms with van der Waals surface area (Å²) in [7, 11) is 1.65. The molecule has 3 aliphatic rings. The van der Waals surface area contributed by atoms with Gasteiger partial charge in [-0.2, -0.15) is 0 Å². The van der Waals surface area contributed by atoms with E-state index in [1.807, 2.05) is 41.0 Å². The Morgan fingerprint density at radius 3 is 2.64 bits per heavy atom. The zero-order chi connectivity index (χ0) is 22.9. The van der Waals surface area contributed by atoms with Crippen LogP contribution in [0.4, 0.5) is 5.82 Å². The number of benzene rings is 1. The lowest BCUT2D eigenvalue weighted by Gasteiger charge is -2.35. The van der Waals surface area contributed by atoms with Gasteiger partial charge in [0, 0.05) is 30.8 Å². The zero-order valence-electron chi connectivity index (χ0n) is 19.5. The topological polar surface area (TPSA) is 75.6 Å².